The van der Waals surface area contributed by atoms with E-state index in [0.29, 0.717) is 54.1 Å². The van der Waals surface area contributed by atoms with Gasteiger partial charge in [-0.3, -0.25) is 19.7 Å². The number of nitrogens with one attached hydrogen (secondary N) is 2. The Balaban J connectivity index is 0.761. The van der Waals surface area contributed by atoms with Crippen molar-refractivity contribution in [3.8, 4) is 0 Å². The Morgan fingerprint density at radius 3 is 2.49 bits per heavy atom. The highest BCUT2D eigenvalue weighted by atomic mass is 16.5. The molecule has 298 valence electrons. The minimum atomic E-state index is -0.646. The summed E-state index contributed by atoms with van der Waals surface area (Å²) in [6.07, 6.45) is 6.42. The van der Waals surface area contributed by atoms with E-state index in [1.165, 1.54) is 5.56 Å². The van der Waals surface area contributed by atoms with Crippen molar-refractivity contribution >= 4 is 57.7 Å². The molecule has 5 aliphatic heterocycles. The van der Waals surface area contributed by atoms with E-state index in [-0.39, 0.29) is 29.6 Å². The molecule has 16 heteroatoms. The number of carbonyl (C=O) groups is 4. The molecule has 7 heterocycles. The summed E-state index contributed by atoms with van der Waals surface area (Å²) in [4.78, 5) is 69.0. The second-order valence-corrected chi connectivity index (χ2v) is 16.3. The van der Waals surface area contributed by atoms with Crippen molar-refractivity contribution in [3.05, 3.63) is 65.6 Å². The van der Waals surface area contributed by atoms with Crippen molar-refractivity contribution in [2.75, 3.05) is 81.1 Å². The van der Waals surface area contributed by atoms with Crippen LogP contribution in [0.3, 0.4) is 0 Å². The van der Waals surface area contributed by atoms with Crippen LogP contribution in [0.25, 0.3) is 11.0 Å². The lowest BCUT2D eigenvalue weighted by Gasteiger charge is -2.44. The van der Waals surface area contributed by atoms with Crippen molar-refractivity contribution in [2.45, 2.75) is 56.4 Å². The Morgan fingerprint density at radius 1 is 0.947 bits per heavy atom. The lowest BCUT2D eigenvalue weighted by atomic mass is 9.88. The second kappa shape index (κ2) is 15.3. The Labute approximate surface area is 330 Å². The van der Waals surface area contributed by atoms with Crippen LogP contribution in [-0.4, -0.2) is 126 Å². The number of urea groups is 1. The van der Waals surface area contributed by atoms with Gasteiger partial charge < -0.3 is 40.1 Å². The number of hydrogen-bond donors (Lipinski definition) is 3. The normalized spacial score (nSPS) is 22.6. The molecule has 57 heavy (non-hydrogen) atoms. The van der Waals surface area contributed by atoms with Crippen LogP contribution in [-0.2, 0) is 9.59 Å². The number of benzene rings is 2. The summed E-state index contributed by atoms with van der Waals surface area (Å²) in [5.74, 6) is 0.383. The first-order valence-corrected chi connectivity index (χ1v) is 20.2. The number of nitrogens with zero attached hydrogens (tertiary/aromatic N) is 8. The zero-order valence-corrected chi connectivity index (χ0v) is 32.2. The maximum absolute atomic E-state index is 12.7. The molecular weight excluding hydrogens is 727 g/mol. The number of likely N-dealkylation sites (tertiary alicyclic amines) is 1. The van der Waals surface area contributed by atoms with Crippen LogP contribution in [0, 0.1) is 5.92 Å². The van der Waals surface area contributed by atoms with Crippen molar-refractivity contribution in [1.29, 1.82) is 0 Å². The van der Waals surface area contributed by atoms with E-state index in [1.807, 2.05) is 36.2 Å². The SMILES string of the molecule is CN1CCN([C@@H]2CCCN(c3cnc(C(N)=O)c(Nc4ccc(C5CCN(CC6CN(c7ccc8c(C9CCC(=O)NC9=O)noc8c7)C6)CC5)cc4)n3)C2)C1=O. The van der Waals surface area contributed by atoms with Gasteiger partial charge in [0.15, 0.2) is 17.1 Å². The summed E-state index contributed by atoms with van der Waals surface area (Å²) >= 11 is 0. The highest BCUT2D eigenvalue weighted by Crippen LogP contribution is 2.36. The Kier molecular flexibility index (Phi) is 9.88. The average molecular weight is 776 g/mol. The van der Waals surface area contributed by atoms with Crippen LogP contribution < -0.4 is 26.2 Å². The van der Waals surface area contributed by atoms with Crippen molar-refractivity contribution in [2.24, 2.45) is 11.7 Å². The van der Waals surface area contributed by atoms with E-state index in [1.54, 1.807) is 11.1 Å². The quantitative estimate of drug-likeness (QED) is 0.199. The molecule has 4 aromatic rings. The molecule has 1 unspecified atom stereocenters. The topological polar surface area (TPSA) is 186 Å². The number of primary amides is 1. The first-order valence-electron chi connectivity index (χ1n) is 20.2. The molecule has 2 aromatic heterocycles. The van der Waals surface area contributed by atoms with Gasteiger partial charge in [-0.15, -0.1) is 0 Å². The van der Waals surface area contributed by atoms with Gasteiger partial charge in [0.25, 0.3) is 5.91 Å². The van der Waals surface area contributed by atoms with E-state index < -0.39 is 11.8 Å². The van der Waals surface area contributed by atoms with Crippen molar-refractivity contribution < 1.29 is 23.7 Å². The minimum absolute atomic E-state index is 0.0700. The predicted octanol–water partition coefficient (Wildman–Crippen LogP) is 3.63. The number of nitrogens with two attached hydrogens (primary N) is 1. The summed E-state index contributed by atoms with van der Waals surface area (Å²) in [5, 5.41) is 10.8. The molecule has 0 bridgehead atoms. The summed E-state index contributed by atoms with van der Waals surface area (Å²) in [5.41, 5.74) is 10.3. The molecule has 5 aliphatic rings. The van der Waals surface area contributed by atoms with E-state index in [4.69, 9.17) is 15.2 Å². The Morgan fingerprint density at radius 2 is 1.75 bits per heavy atom. The number of anilines is 4. The molecule has 4 N–H and O–H groups in total. The third-order valence-corrected chi connectivity index (χ3v) is 12.5. The number of carbonyl (C=O) groups excluding carboxylic acids is 4. The molecular formula is C41H49N11O5. The standard InChI is InChI=1S/C41H49N11O5/c1-48-17-18-52(41(48)56)30-3-2-14-50(24-30)34-20-43-37(38(42)54)39(45-34)44-28-6-4-26(5-7-28)27-12-15-49(16-13-27)21-25-22-51(23-25)29-8-9-31-33(19-29)57-47-36(31)32-10-11-35(53)46-40(32)55/h4-9,19-20,25,27,30,32H,2-3,10-18,21-24H2,1H3,(H2,42,54)(H,44,45)(H,46,53,55)/t30-,32?/m1/s1. The number of fused-ring (bicyclic) bond motifs is 1. The number of hydrogen-bond acceptors (Lipinski definition) is 12. The summed E-state index contributed by atoms with van der Waals surface area (Å²) in [6, 6.07) is 14.6. The number of aromatic nitrogens is 3. The average Bonchev–Trinajstić information content (AvgIpc) is 3.78. The lowest BCUT2D eigenvalue weighted by Crippen LogP contribution is -2.52. The minimum Gasteiger partial charge on any atom is -0.371 e. The summed E-state index contributed by atoms with van der Waals surface area (Å²) in [7, 11) is 1.84. The molecule has 5 saturated heterocycles. The number of rotatable bonds is 10. The highest BCUT2D eigenvalue weighted by Gasteiger charge is 2.36. The van der Waals surface area contributed by atoms with Gasteiger partial charge in [-0.2, -0.15) is 0 Å². The van der Waals surface area contributed by atoms with Gasteiger partial charge in [0, 0.05) is 88.0 Å². The number of imide groups is 1. The second-order valence-electron chi connectivity index (χ2n) is 16.3. The maximum atomic E-state index is 12.7. The Bertz CT molecular complexity index is 2180. The van der Waals surface area contributed by atoms with Gasteiger partial charge in [-0.1, -0.05) is 17.3 Å². The fraction of sp³-hybridized carbons (Fsp3) is 0.488. The van der Waals surface area contributed by atoms with Gasteiger partial charge in [0.2, 0.25) is 11.8 Å². The summed E-state index contributed by atoms with van der Waals surface area (Å²) in [6.45, 7) is 8.07. The van der Waals surface area contributed by atoms with Gasteiger partial charge in [0.05, 0.1) is 18.2 Å². The summed E-state index contributed by atoms with van der Waals surface area (Å²) < 4.78 is 5.64. The molecule has 9 rings (SSSR count). The molecule has 2 aromatic carbocycles. The van der Waals surface area contributed by atoms with Gasteiger partial charge >= 0.3 is 6.03 Å². The molecule has 16 nitrogen and oxygen atoms in total. The molecule has 2 atom stereocenters. The molecule has 0 spiro atoms. The largest absolute Gasteiger partial charge is 0.371 e. The zero-order chi connectivity index (χ0) is 39.2. The van der Waals surface area contributed by atoms with E-state index in [2.05, 4.69) is 53.7 Å². The molecule has 5 fully saturated rings. The fourth-order valence-corrected chi connectivity index (χ4v) is 9.26. The monoisotopic (exact) mass is 775 g/mol. The predicted molar refractivity (Wildman–Crippen MR) is 213 cm³/mol. The molecule has 0 radical (unpaired) electrons. The van der Waals surface area contributed by atoms with Crippen molar-refractivity contribution in [3.63, 3.8) is 0 Å². The van der Waals surface area contributed by atoms with Crippen molar-refractivity contribution in [1.82, 2.24) is 35.1 Å². The van der Waals surface area contributed by atoms with Crippen LogP contribution in [0.15, 0.2) is 53.2 Å². The fourth-order valence-electron chi connectivity index (χ4n) is 9.26. The Hall–Kier alpha value is -5.77. The highest BCUT2D eigenvalue weighted by molar-refractivity contribution is 6.02. The third kappa shape index (κ3) is 7.45. The molecule has 0 saturated carbocycles. The van der Waals surface area contributed by atoms with Crippen LogP contribution in [0.5, 0.6) is 0 Å². The first kappa shape index (κ1) is 36.8. The molecule has 5 amide bonds. The van der Waals surface area contributed by atoms with Crippen LogP contribution in [0.2, 0.25) is 0 Å². The zero-order valence-electron chi connectivity index (χ0n) is 32.2. The van der Waals surface area contributed by atoms with E-state index in [9.17, 15) is 19.2 Å². The lowest BCUT2D eigenvalue weighted by molar-refractivity contribution is -0.134. The van der Waals surface area contributed by atoms with E-state index in [0.717, 1.165) is 94.8 Å². The molecule has 0 aliphatic carbocycles. The first-order chi connectivity index (χ1) is 27.7. The number of amides is 5. The van der Waals surface area contributed by atoms with Gasteiger partial charge in [-0.05, 0) is 80.9 Å². The van der Waals surface area contributed by atoms with Crippen LogP contribution in [0.4, 0.5) is 27.8 Å². The van der Waals surface area contributed by atoms with E-state index >= 15 is 0 Å². The maximum Gasteiger partial charge on any atom is 0.320 e. The van der Waals surface area contributed by atoms with Crippen LogP contribution in [0.1, 0.15) is 72.1 Å². The smallest absolute Gasteiger partial charge is 0.320 e. The third-order valence-electron chi connectivity index (χ3n) is 12.5. The number of piperidine rings is 3. The number of likely N-dealkylation sites (N-methyl/N-ethyl adjacent to an activating group) is 1. The van der Waals surface area contributed by atoms with Gasteiger partial charge in [0.1, 0.15) is 11.5 Å². The van der Waals surface area contributed by atoms with Crippen LogP contribution >= 0.6 is 0 Å². The van der Waals surface area contributed by atoms with Gasteiger partial charge in [-0.25, -0.2) is 14.8 Å².